The van der Waals surface area contributed by atoms with Gasteiger partial charge in [0.05, 0.1) is 5.69 Å². The minimum atomic E-state index is -1.27. The average molecular weight is 596 g/mol. The molecule has 3 aromatic carbocycles. The molecule has 0 saturated carbocycles. The topological polar surface area (TPSA) is 122 Å². The molecule has 12 heteroatoms. The van der Waals surface area contributed by atoms with E-state index in [0.717, 1.165) is 23.1 Å². The van der Waals surface area contributed by atoms with Gasteiger partial charge in [-0.3, -0.25) is 14.9 Å². The van der Waals surface area contributed by atoms with Gasteiger partial charge in [0.2, 0.25) is 0 Å². The zero-order valence-electron chi connectivity index (χ0n) is 16.9. The predicted molar refractivity (Wildman–Crippen MR) is 128 cm³/mol. The molecule has 0 radical (unpaired) electrons. The second kappa shape index (κ2) is 10.5. The summed E-state index contributed by atoms with van der Waals surface area (Å²) in [7, 11) is 0. The normalized spacial score (nSPS) is 10.4. The highest BCUT2D eigenvalue weighted by atomic mass is 79.9. The highest BCUT2D eigenvalue weighted by Crippen LogP contribution is 2.30. The molecule has 0 aliphatic rings. The second-order valence-corrected chi connectivity index (χ2v) is 8.43. The lowest BCUT2D eigenvalue weighted by Crippen LogP contribution is -2.41. The minimum absolute atomic E-state index is 0.0705. The molecule has 0 aromatic heterocycles. The van der Waals surface area contributed by atoms with Gasteiger partial charge in [-0.25, -0.2) is 23.3 Å². The molecule has 0 bridgehead atoms. The summed E-state index contributed by atoms with van der Waals surface area (Å²) in [5.74, 6) is -4.24. The Kier molecular flexibility index (Phi) is 7.74. The van der Waals surface area contributed by atoms with Crippen molar-refractivity contribution in [2.75, 3.05) is 10.2 Å². The number of carbonyl (C=O) groups is 4. The number of halogens is 4. The SMILES string of the molecule is NC(=O)N(C(=O)c1ccc(NC(=O)NC(=O)c2c(F)cccc2F)cc1)c1cc(Br)ccc1Br. The van der Waals surface area contributed by atoms with Gasteiger partial charge in [-0.05, 0) is 70.5 Å². The molecule has 0 unspecified atom stereocenters. The van der Waals surface area contributed by atoms with Gasteiger partial charge in [0.25, 0.3) is 11.8 Å². The smallest absolute Gasteiger partial charge is 0.326 e. The van der Waals surface area contributed by atoms with E-state index in [0.29, 0.717) is 8.95 Å². The Bertz CT molecular complexity index is 1280. The van der Waals surface area contributed by atoms with E-state index in [1.165, 1.54) is 30.3 Å². The van der Waals surface area contributed by atoms with E-state index in [9.17, 15) is 28.0 Å². The lowest BCUT2D eigenvalue weighted by molar-refractivity contribution is 0.0956. The van der Waals surface area contributed by atoms with E-state index in [1.54, 1.807) is 12.1 Å². The first kappa shape index (κ1) is 25.0. The number of amides is 6. The fraction of sp³-hybridized carbons (Fsp3) is 0. The third-order valence-corrected chi connectivity index (χ3v) is 5.54. The Morgan fingerprint density at radius 2 is 1.50 bits per heavy atom. The van der Waals surface area contributed by atoms with Crippen molar-refractivity contribution in [3.05, 3.63) is 92.4 Å². The lowest BCUT2D eigenvalue weighted by Gasteiger charge is -2.20. The molecule has 174 valence electrons. The van der Waals surface area contributed by atoms with Gasteiger partial charge in [-0.15, -0.1) is 0 Å². The summed E-state index contributed by atoms with van der Waals surface area (Å²) in [5, 5.41) is 4.12. The van der Waals surface area contributed by atoms with Crippen molar-refractivity contribution in [1.29, 1.82) is 0 Å². The number of imide groups is 2. The summed E-state index contributed by atoms with van der Waals surface area (Å²) in [5.41, 5.74) is 4.96. The molecular formula is C22H14Br2F2N4O4. The van der Waals surface area contributed by atoms with Gasteiger partial charge in [0.15, 0.2) is 0 Å². The third-order valence-electron chi connectivity index (χ3n) is 4.38. The quantitative estimate of drug-likeness (QED) is 0.385. The van der Waals surface area contributed by atoms with E-state index >= 15 is 0 Å². The third kappa shape index (κ3) is 5.64. The maximum atomic E-state index is 13.7. The fourth-order valence-electron chi connectivity index (χ4n) is 2.85. The van der Waals surface area contributed by atoms with Crippen LogP contribution >= 0.6 is 31.9 Å². The number of primary amides is 1. The number of nitrogens with zero attached hydrogens (tertiary/aromatic N) is 1. The standard InChI is InChI=1S/C22H14Br2F2N4O4/c23-12-6-9-14(24)17(10-12)30(21(27)33)20(32)11-4-7-13(8-5-11)28-22(34)29-19(31)18-15(25)2-1-3-16(18)26/h1-10H,(H2,27,33)(H2,28,29,31,34). The molecule has 4 N–H and O–H groups in total. The summed E-state index contributed by atoms with van der Waals surface area (Å²) in [6.07, 6.45) is 0. The van der Waals surface area contributed by atoms with Crippen LogP contribution in [0.3, 0.4) is 0 Å². The predicted octanol–water partition coefficient (Wildman–Crippen LogP) is 5.18. The number of urea groups is 2. The van der Waals surface area contributed by atoms with Crippen LogP contribution in [0.15, 0.2) is 69.6 Å². The number of rotatable bonds is 4. The van der Waals surface area contributed by atoms with Crippen molar-refractivity contribution >= 4 is 67.1 Å². The van der Waals surface area contributed by atoms with E-state index in [-0.39, 0.29) is 16.9 Å². The zero-order valence-corrected chi connectivity index (χ0v) is 20.1. The highest BCUT2D eigenvalue weighted by molar-refractivity contribution is 9.11. The minimum Gasteiger partial charge on any atom is -0.351 e. The first-order valence-corrected chi connectivity index (χ1v) is 10.9. The van der Waals surface area contributed by atoms with Gasteiger partial charge in [0.1, 0.15) is 17.2 Å². The van der Waals surface area contributed by atoms with Crippen LogP contribution in [-0.4, -0.2) is 23.9 Å². The molecule has 0 spiro atoms. The van der Waals surface area contributed by atoms with Gasteiger partial charge in [-0.2, -0.15) is 0 Å². The monoisotopic (exact) mass is 594 g/mol. The Morgan fingerprint density at radius 3 is 2.09 bits per heavy atom. The summed E-state index contributed by atoms with van der Waals surface area (Å²) in [4.78, 5) is 49.7. The van der Waals surface area contributed by atoms with E-state index < -0.39 is 41.1 Å². The highest BCUT2D eigenvalue weighted by Gasteiger charge is 2.25. The molecule has 0 aliphatic carbocycles. The molecule has 3 rings (SSSR count). The average Bonchev–Trinajstić information content (AvgIpc) is 2.76. The number of anilines is 2. The lowest BCUT2D eigenvalue weighted by atomic mass is 10.1. The molecule has 6 amide bonds. The Labute approximate surface area is 208 Å². The largest absolute Gasteiger partial charge is 0.351 e. The van der Waals surface area contributed by atoms with Crippen LogP contribution in [0.5, 0.6) is 0 Å². The van der Waals surface area contributed by atoms with Crippen LogP contribution in [0.1, 0.15) is 20.7 Å². The van der Waals surface area contributed by atoms with Gasteiger partial charge in [-0.1, -0.05) is 22.0 Å². The molecule has 0 saturated heterocycles. The van der Waals surface area contributed by atoms with E-state index in [2.05, 4.69) is 37.2 Å². The van der Waals surface area contributed by atoms with Crippen molar-refractivity contribution in [1.82, 2.24) is 5.32 Å². The van der Waals surface area contributed by atoms with Crippen LogP contribution in [0, 0.1) is 11.6 Å². The Balaban J connectivity index is 1.73. The van der Waals surface area contributed by atoms with Crippen LogP contribution in [0.25, 0.3) is 0 Å². The van der Waals surface area contributed by atoms with Crippen molar-refractivity contribution in [2.24, 2.45) is 5.73 Å². The molecule has 8 nitrogen and oxygen atoms in total. The molecule has 0 fully saturated rings. The molecule has 3 aromatic rings. The second-order valence-electron chi connectivity index (χ2n) is 6.66. The first-order chi connectivity index (χ1) is 16.1. The number of carbonyl (C=O) groups excluding carboxylic acids is 4. The molecule has 0 aliphatic heterocycles. The maximum Gasteiger partial charge on any atom is 0.326 e. The molecule has 34 heavy (non-hydrogen) atoms. The number of hydrogen-bond acceptors (Lipinski definition) is 4. The summed E-state index contributed by atoms with van der Waals surface area (Å²) in [6, 6.07) is 10.9. The Morgan fingerprint density at radius 1 is 0.882 bits per heavy atom. The van der Waals surface area contributed by atoms with E-state index in [4.69, 9.17) is 5.73 Å². The van der Waals surface area contributed by atoms with Crippen LogP contribution < -0.4 is 21.3 Å². The van der Waals surface area contributed by atoms with Gasteiger partial charge < -0.3 is 11.1 Å². The first-order valence-electron chi connectivity index (χ1n) is 9.34. The number of benzene rings is 3. The van der Waals surface area contributed by atoms with Crippen molar-refractivity contribution in [3.8, 4) is 0 Å². The van der Waals surface area contributed by atoms with Crippen molar-refractivity contribution in [2.45, 2.75) is 0 Å². The molecule has 0 atom stereocenters. The van der Waals surface area contributed by atoms with Crippen LogP contribution in [0.4, 0.5) is 29.7 Å². The van der Waals surface area contributed by atoms with Gasteiger partial charge >= 0.3 is 12.1 Å². The zero-order chi connectivity index (χ0) is 25.0. The molecular weight excluding hydrogens is 582 g/mol. The Hall–Kier alpha value is -3.64. The van der Waals surface area contributed by atoms with Crippen LogP contribution in [-0.2, 0) is 0 Å². The van der Waals surface area contributed by atoms with E-state index in [1.807, 2.05) is 5.32 Å². The maximum absolute atomic E-state index is 13.7. The van der Waals surface area contributed by atoms with Crippen molar-refractivity contribution in [3.63, 3.8) is 0 Å². The fourth-order valence-corrected chi connectivity index (χ4v) is 3.63. The molecule has 0 heterocycles. The number of nitrogens with two attached hydrogens (primary N) is 1. The van der Waals surface area contributed by atoms with Gasteiger partial charge in [0, 0.05) is 20.2 Å². The van der Waals surface area contributed by atoms with Crippen molar-refractivity contribution < 1.29 is 28.0 Å². The summed E-state index contributed by atoms with van der Waals surface area (Å²) < 4.78 is 28.4. The number of nitrogens with one attached hydrogen (secondary N) is 2. The number of hydrogen-bond donors (Lipinski definition) is 3. The summed E-state index contributed by atoms with van der Waals surface area (Å²) in [6.45, 7) is 0. The van der Waals surface area contributed by atoms with Crippen LogP contribution in [0.2, 0.25) is 0 Å². The summed E-state index contributed by atoms with van der Waals surface area (Å²) >= 11 is 6.54.